The van der Waals surface area contributed by atoms with Crippen molar-refractivity contribution in [2.45, 2.75) is 33.0 Å². The monoisotopic (exact) mass is 366 g/mol. The molecule has 0 radical (unpaired) electrons. The molecule has 1 aromatic carbocycles. The zero-order valence-electron chi connectivity index (χ0n) is 12.1. The van der Waals surface area contributed by atoms with E-state index in [0.29, 0.717) is 11.7 Å². The Morgan fingerprint density at radius 1 is 1.38 bits per heavy atom. The van der Waals surface area contributed by atoms with Gasteiger partial charge in [0.25, 0.3) is 0 Å². The van der Waals surface area contributed by atoms with Gasteiger partial charge in [-0.1, -0.05) is 30.3 Å². The van der Waals surface area contributed by atoms with Gasteiger partial charge in [0.15, 0.2) is 5.11 Å². The lowest BCUT2D eigenvalue weighted by Crippen LogP contribution is -2.36. The molecule has 0 aliphatic heterocycles. The molecule has 0 bridgehead atoms. The summed E-state index contributed by atoms with van der Waals surface area (Å²) in [5, 5.41) is 11.6. The third kappa shape index (κ3) is 4.54. The largest absolute Gasteiger partial charge is 0.357 e. The van der Waals surface area contributed by atoms with E-state index in [0.717, 1.165) is 16.7 Å². The molecule has 0 amide bonds. The fourth-order valence-electron chi connectivity index (χ4n) is 1.96. The summed E-state index contributed by atoms with van der Waals surface area (Å²) in [7, 11) is 0. The van der Waals surface area contributed by atoms with Crippen LogP contribution in [0.2, 0.25) is 0 Å². The summed E-state index contributed by atoms with van der Waals surface area (Å²) in [6.45, 7) is 5.60. The van der Waals surface area contributed by atoms with Crippen LogP contribution < -0.4 is 10.6 Å². The highest BCUT2D eigenvalue weighted by atomic mass is 79.9. The molecule has 4 nitrogen and oxygen atoms in total. The van der Waals surface area contributed by atoms with Gasteiger partial charge in [-0.05, 0) is 47.6 Å². The van der Waals surface area contributed by atoms with Crippen LogP contribution >= 0.6 is 28.1 Å². The van der Waals surface area contributed by atoms with Crippen LogP contribution in [0.3, 0.4) is 0 Å². The third-order valence-electron chi connectivity index (χ3n) is 3.17. The maximum atomic E-state index is 5.34. The number of benzene rings is 1. The summed E-state index contributed by atoms with van der Waals surface area (Å²) >= 11 is 8.84. The van der Waals surface area contributed by atoms with Crippen molar-refractivity contribution >= 4 is 33.3 Å². The minimum atomic E-state index is 0.169. The topological polar surface area (TPSA) is 41.9 Å². The molecule has 0 aliphatic carbocycles. The number of thiocarbonyl (C=S) groups is 1. The van der Waals surface area contributed by atoms with Gasteiger partial charge in [0.05, 0.1) is 22.8 Å². The molecule has 112 valence electrons. The molecule has 2 N–H and O–H groups in total. The van der Waals surface area contributed by atoms with Gasteiger partial charge in [-0.15, -0.1) is 0 Å². The summed E-state index contributed by atoms with van der Waals surface area (Å²) in [5.41, 5.74) is 2.16. The van der Waals surface area contributed by atoms with Crippen LogP contribution in [0.5, 0.6) is 0 Å². The Kier molecular flexibility index (Phi) is 5.76. The summed E-state index contributed by atoms with van der Waals surface area (Å²) < 4.78 is 2.89. The first kappa shape index (κ1) is 16.0. The molecule has 0 aliphatic rings. The van der Waals surface area contributed by atoms with E-state index < -0.39 is 0 Å². The van der Waals surface area contributed by atoms with Crippen LogP contribution in [0, 0.1) is 0 Å². The Morgan fingerprint density at radius 3 is 2.71 bits per heavy atom. The minimum absolute atomic E-state index is 0.169. The van der Waals surface area contributed by atoms with Crippen LogP contribution in [0.1, 0.15) is 31.1 Å². The van der Waals surface area contributed by atoms with Gasteiger partial charge in [0, 0.05) is 12.7 Å². The molecule has 2 aromatic rings. The van der Waals surface area contributed by atoms with Gasteiger partial charge < -0.3 is 10.6 Å². The SMILES string of the molecule is CCn1cc(Br)c(CNC(=S)NC(C)c2ccccc2)n1. The van der Waals surface area contributed by atoms with Crippen LogP contribution in [0.4, 0.5) is 0 Å². The summed E-state index contributed by atoms with van der Waals surface area (Å²) in [5.74, 6) is 0. The molecule has 1 atom stereocenters. The molecule has 0 spiro atoms. The molecule has 0 fully saturated rings. The van der Waals surface area contributed by atoms with Crippen molar-refractivity contribution in [2.75, 3.05) is 0 Å². The Bertz CT molecular complexity index is 597. The number of aromatic nitrogens is 2. The number of nitrogens with one attached hydrogen (secondary N) is 2. The smallest absolute Gasteiger partial charge is 0.167 e. The second-order valence-corrected chi connectivity index (χ2v) is 6.00. The molecule has 21 heavy (non-hydrogen) atoms. The van der Waals surface area contributed by atoms with Gasteiger partial charge in [-0.3, -0.25) is 4.68 Å². The highest BCUT2D eigenvalue weighted by molar-refractivity contribution is 9.10. The lowest BCUT2D eigenvalue weighted by atomic mass is 10.1. The number of hydrogen-bond donors (Lipinski definition) is 2. The first-order chi connectivity index (χ1) is 10.1. The lowest BCUT2D eigenvalue weighted by molar-refractivity contribution is 0.639. The van der Waals surface area contributed by atoms with E-state index >= 15 is 0 Å². The lowest BCUT2D eigenvalue weighted by Gasteiger charge is -2.17. The average Bonchev–Trinajstić information content (AvgIpc) is 2.86. The summed E-state index contributed by atoms with van der Waals surface area (Å²) in [4.78, 5) is 0. The molecule has 1 aromatic heterocycles. The molecule has 2 rings (SSSR count). The maximum Gasteiger partial charge on any atom is 0.167 e. The van der Waals surface area contributed by atoms with Crippen LogP contribution in [-0.2, 0) is 13.1 Å². The van der Waals surface area contributed by atoms with Gasteiger partial charge >= 0.3 is 0 Å². The van der Waals surface area contributed by atoms with Crippen LogP contribution in [0.25, 0.3) is 0 Å². The highest BCUT2D eigenvalue weighted by Gasteiger charge is 2.09. The van der Waals surface area contributed by atoms with Crippen molar-refractivity contribution in [3.8, 4) is 0 Å². The quantitative estimate of drug-likeness (QED) is 0.795. The molecule has 6 heteroatoms. The predicted octanol–water partition coefficient (Wildman–Crippen LogP) is 3.39. The fourth-order valence-corrected chi connectivity index (χ4v) is 2.66. The Morgan fingerprint density at radius 2 is 2.10 bits per heavy atom. The number of halogens is 1. The van der Waals surface area contributed by atoms with Crippen molar-refractivity contribution in [1.82, 2.24) is 20.4 Å². The molecule has 1 unspecified atom stereocenters. The number of aryl methyl sites for hydroxylation is 1. The third-order valence-corrected chi connectivity index (χ3v) is 4.10. The molecular formula is C15H19BrN4S. The number of hydrogen-bond acceptors (Lipinski definition) is 2. The van der Waals surface area contributed by atoms with Gasteiger partial charge in [-0.2, -0.15) is 5.10 Å². The van der Waals surface area contributed by atoms with Gasteiger partial charge in [0.1, 0.15) is 0 Å². The van der Waals surface area contributed by atoms with Crippen molar-refractivity contribution in [3.05, 3.63) is 52.3 Å². The number of rotatable bonds is 5. The van der Waals surface area contributed by atoms with E-state index in [-0.39, 0.29) is 6.04 Å². The molecule has 0 saturated heterocycles. The average molecular weight is 367 g/mol. The van der Waals surface area contributed by atoms with E-state index in [2.05, 4.69) is 57.6 Å². The van der Waals surface area contributed by atoms with Gasteiger partial charge in [0.2, 0.25) is 0 Å². The Labute approximate surface area is 139 Å². The maximum absolute atomic E-state index is 5.34. The number of nitrogens with zero attached hydrogens (tertiary/aromatic N) is 2. The highest BCUT2D eigenvalue weighted by Crippen LogP contribution is 2.15. The van der Waals surface area contributed by atoms with E-state index in [1.807, 2.05) is 29.1 Å². The van der Waals surface area contributed by atoms with Crippen molar-refractivity contribution in [2.24, 2.45) is 0 Å². The van der Waals surface area contributed by atoms with Crippen molar-refractivity contribution in [3.63, 3.8) is 0 Å². The first-order valence-electron chi connectivity index (χ1n) is 6.91. The normalized spacial score (nSPS) is 12.0. The zero-order valence-corrected chi connectivity index (χ0v) is 14.5. The fraction of sp³-hybridized carbons (Fsp3) is 0.333. The van der Waals surface area contributed by atoms with E-state index in [1.54, 1.807) is 0 Å². The van der Waals surface area contributed by atoms with E-state index in [1.165, 1.54) is 5.56 Å². The van der Waals surface area contributed by atoms with Crippen LogP contribution in [0.15, 0.2) is 41.0 Å². The second-order valence-electron chi connectivity index (χ2n) is 4.74. The Hall–Kier alpha value is -1.40. The predicted molar refractivity (Wildman–Crippen MR) is 93.0 cm³/mol. The van der Waals surface area contributed by atoms with E-state index in [9.17, 15) is 0 Å². The first-order valence-corrected chi connectivity index (χ1v) is 8.11. The Balaban J connectivity index is 1.86. The standard InChI is InChI=1S/C15H19BrN4S/c1-3-20-10-13(16)14(19-20)9-17-15(21)18-11(2)12-7-5-4-6-8-12/h4-8,10-11H,3,9H2,1-2H3,(H2,17,18,21). The second kappa shape index (κ2) is 7.56. The van der Waals surface area contributed by atoms with Crippen molar-refractivity contribution < 1.29 is 0 Å². The molecule has 0 saturated carbocycles. The van der Waals surface area contributed by atoms with E-state index in [4.69, 9.17) is 12.2 Å². The van der Waals surface area contributed by atoms with Crippen molar-refractivity contribution in [1.29, 1.82) is 0 Å². The molecule has 1 heterocycles. The summed E-state index contributed by atoms with van der Waals surface area (Å²) in [6, 6.07) is 10.4. The summed E-state index contributed by atoms with van der Waals surface area (Å²) in [6.07, 6.45) is 1.97. The zero-order chi connectivity index (χ0) is 15.2. The van der Waals surface area contributed by atoms with Crippen LogP contribution in [-0.4, -0.2) is 14.9 Å². The van der Waals surface area contributed by atoms with Gasteiger partial charge in [-0.25, -0.2) is 0 Å². The minimum Gasteiger partial charge on any atom is -0.357 e. The molecular weight excluding hydrogens is 348 g/mol.